The number of primary amides is 1. The molecule has 0 aliphatic heterocycles. The zero-order chi connectivity index (χ0) is 39.4. The van der Waals surface area contributed by atoms with Crippen molar-refractivity contribution in [1.29, 1.82) is 0 Å². The summed E-state index contributed by atoms with van der Waals surface area (Å²) in [6.45, 7) is 3.04. The monoisotopic (exact) mass is 737 g/mol. The number of rotatable bonds is 25. The molecule has 0 aliphatic carbocycles. The Balaban J connectivity index is 3.32. The van der Waals surface area contributed by atoms with E-state index in [0.29, 0.717) is 37.8 Å². The highest BCUT2D eigenvalue weighted by atomic mass is 16.4. The maximum Gasteiger partial charge on any atom is 0.326 e. The summed E-state index contributed by atoms with van der Waals surface area (Å²) in [5.74, 6) is -6.96. The summed E-state index contributed by atoms with van der Waals surface area (Å²) >= 11 is 0. The first-order valence-electron chi connectivity index (χ1n) is 17.1. The van der Waals surface area contributed by atoms with Crippen LogP contribution < -0.4 is 49.5 Å². The molecule has 0 bridgehead atoms. The Morgan fingerprint density at radius 3 is 1.54 bits per heavy atom. The average molecular weight is 738 g/mol. The van der Waals surface area contributed by atoms with E-state index in [1.165, 1.54) is 6.92 Å². The van der Waals surface area contributed by atoms with Crippen LogP contribution >= 0.6 is 0 Å². The number of carboxylic acids is 1. The summed E-state index contributed by atoms with van der Waals surface area (Å²) in [6.07, 6.45) is -1.71. The summed E-state index contributed by atoms with van der Waals surface area (Å²) in [5, 5.41) is 41.7. The van der Waals surface area contributed by atoms with Crippen molar-refractivity contribution in [2.45, 2.75) is 114 Å². The second kappa shape index (κ2) is 23.7. The van der Waals surface area contributed by atoms with E-state index in [1.54, 1.807) is 30.3 Å². The third kappa shape index (κ3) is 16.6. The van der Waals surface area contributed by atoms with Gasteiger partial charge in [-0.3, -0.25) is 28.8 Å². The van der Waals surface area contributed by atoms with Crippen LogP contribution in [-0.2, 0) is 40.0 Å². The van der Waals surface area contributed by atoms with Gasteiger partial charge in [0.1, 0.15) is 36.3 Å². The van der Waals surface area contributed by atoms with Crippen molar-refractivity contribution in [3.8, 4) is 0 Å². The lowest BCUT2D eigenvalue weighted by Crippen LogP contribution is -2.61. The molecule has 292 valence electrons. The summed E-state index contributed by atoms with van der Waals surface area (Å²) in [4.78, 5) is 89.5. The maximum atomic E-state index is 13.8. The highest BCUT2D eigenvalue weighted by Gasteiger charge is 2.34. The molecule has 52 heavy (non-hydrogen) atoms. The smallest absolute Gasteiger partial charge is 0.326 e. The lowest BCUT2D eigenvalue weighted by atomic mass is 10.0. The standard InChI is InChI=1S/C33H55N9O10/c1-18(43)26(37)31(49)40-23(16-20-10-4-3-5-11-20)30(48)39-21(12-6-8-14-34)28(46)38-22(13-7-9-15-35)29(47)42-27(19(2)44)32(50)41-24(33(51)52)17-25(36)45/h3-5,10-11,18-19,21-24,26-27,43-44H,6-9,12-17,34-35,37H2,1-2H3,(H2,36,45)(H,38,46)(H,39,48)(H,40,49)(H,41,50)(H,42,47)(H,51,52)/t18-,19-,21+,22+,23+,24+,26+,27+/m1/s1. The highest BCUT2D eigenvalue weighted by Crippen LogP contribution is 2.09. The van der Waals surface area contributed by atoms with E-state index in [1.807, 2.05) is 0 Å². The Hall–Kier alpha value is -4.69. The van der Waals surface area contributed by atoms with Gasteiger partial charge in [0, 0.05) is 6.42 Å². The number of benzene rings is 1. The van der Waals surface area contributed by atoms with Gasteiger partial charge in [-0.15, -0.1) is 0 Å². The van der Waals surface area contributed by atoms with Crippen molar-refractivity contribution in [2.75, 3.05) is 13.1 Å². The van der Waals surface area contributed by atoms with Crippen LogP contribution in [-0.4, -0.2) is 118 Å². The predicted molar refractivity (Wildman–Crippen MR) is 188 cm³/mol. The number of carbonyl (C=O) groups is 7. The summed E-state index contributed by atoms with van der Waals surface area (Å²) < 4.78 is 0. The van der Waals surface area contributed by atoms with Gasteiger partial charge in [-0.2, -0.15) is 0 Å². The number of carboxylic acid groups (broad SMARTS) is 1. The number of amides is 6. The first-order chi connectivity index (χ1) is 24.5. The molecule has 0 spiro atoms. The van der Waals surface area contributed by atoms with E-state index < -0.39 is 96.3 Å². The fraction of sp³-hybridized carbons (Fsp3) is 0.606. The van der Waals surface area contributed by atoms with Crippen molar-refractivity contribution in [1.82, 2.24) is 26.6 Å². The Labute approximate surface area is 302 Å². The van der Waals surface area contributed by atoms with Crippen LogP contribution in [0.1, 0.15) is 64.4 Å². The van der Waals surface area contributed by atoms with Gasteiger partial charge in [-0.1, -0.05) is 30.3 Å². The number of nitrogens with one attached hydrogen (secondary N) is 5. The molecule has 1 aromatic carbocycles. The molecule has 0 unspecified atom stereocenters. The highest BCUT2D eigenvalue weighted by molar-refractivity contribution is 5.97. The Morgan fingerprint density at radius 1 is 0.635 bits per heavy atom. The Kier molecular flexibility index (Phi) is 20.7. The van der Waals surface area contributed by atoms with Gasteiger partial charge in [0.05, 0.1) is 18.6 Å². The molecule has 0 heterocycles. The second-order valence-electron chi connectivity index (χ2n) is 12.5. The molecule has 19 heteroatoms. The third-order valence-corrected chi connectivity index (χ3v) is 7.98. The van der Waals surface area contributed by atoms with Crippen LogP contribution in [0.15, 0.2) is 30.3 Å². The van der Waals surface area contributed by atoms with E-state index in [-0.39, 0.29) is 25.8 Å². The number of aliphatic hydroxyl groups is 2. The number of aliphatic carboxylic acids is 1. The zero-order valence-corrected chi connectivity index (χ0v) is 29.6. The molecule has 1 aromatic rings. The fourth-order valence-corrected chi connectivity index (χ4v) is 4.94. The topological polar surface area (TPSA) is 344 Å². The summed E-state index contributed by atoms with van der Waals surface area (Å²) in [7, 11) is 0. The van der Waals surface area contributed by atoms with Crippen molar-refractivity contribution >= 4 is 41.4 Å². The molecule has 0 aliphatic rings. The number of hydrogen-bond donors (Lipinski definition) is 12. The van der Waals surface area contributed by atoms with Gasteiger partial charge in [-0.05, 0) is 71.0 Å². The number of hydrogen-bond acceptors (Lipinski definition) is 12. The van der Waals surface area contributed by atoms with Crippen LogP contribution in [0.5, 0.6) is 0 Å². The summed E-state index contributed by atoms with van der Waals surface area (Å²) in [5.41, 5.74) is 22.8. The average Bonchev–Trinajstić information content (AvgIpc) is 3.08. The van der Waals surface area contributed by atoms with Crippen LogP contribution in [0.2, 0.25) is 0 Å². The van der Waals surface area contributed by atoms with E-state index in [9.17, 15) is 48.9 Å². The number of nitrogens with two attached hydrogens (primary N) is 4. The predicted octanol–water partition coefficient (Wildman–Crippen LogP) is -4.04. The quantitative estimate of drug-likeness (QED) is 0.0426. The van der Waals surface area contributed by atoms with Crippen LogP contribution in [0, 0.1) is 0 Å². The van der Waals surface area contributed by atoms with E-state index in [0.717, 1.165) is 6.92 Å². The SMILES string of the molecule is C[C@@H](O)[C@H](N)C(=O)N[C@@H](Cc1ccccc1)C(=O)N[C@@H](CCCCN)C(=O)N[C@@H](CCCCN)C(=O)N[C@H](C(=O)N[C@@H](CC(N)=O)C(=O)O)[C@@H](C)O. The largest absolute Gasteiger partial charge is 0.480 e. The van der Waals surface area contributed by atoms with Gasteiger partial charge < -0.3 is 64.8 Å². The lowest BCUT2D eigenvalue weighted by molar-refractivity contribution is -0.144. The molecule has 19 nitrogen and oxygen atoms in total. The van der Waals surface area contributed by atoms with Gasteiger partial charge >= 0.3 is 5.97 Å². The molecular weight excluding hydrogens is 682 g/mol. The Morgan fingerprint density at radius 2 is 1.10 bits per heavy atom. The van der Waals surface area contributed by atoms with Gasteiger partial charge in [-0.25, -0.2) is 4.79 Å². The van der Waals surface area contributed by atoms with E-state index in [2.05, 4.69) is 26.6 Å². The van der Waals surface area contributed by atoms with E-state index in [4.69, 9.17) is 22.9 Å². The van der Waals surface area contributed by atoms with Gasteiger partial charge in [0.2, 0.25) is 35.4 Å². The molecule has 1 rings (SSSR count). The molecule has 16 N–H and O–H groups in total. The molecule has 0 fully saturated rings. The molecule has 8 atom stereocenters. The van der Waals surface area contributed by atoms with Gasteiger partial charge in [0.15, 0.2) is 0 Å². The van der Waals surface area contributed by atoms with Crippen molar-refractivity contribution in [3.05, 3.63) is 35.9 Å². The minimum Gasteiger partial charge on any atom is -0.480 e. The minimum absolute atomic E-state index is 0.0111. The van der Waals surface area contributed by atoms with Crippen LogP contribution in [0.25, 0.3) is 0 Å². The van der Waals surface area contributed by atoms with Crippen LogP contribution in [0.4, 0.5) is 0 Å². The first kappa shape index (κ1) is 45.3. The van der Waals surface area contributed by atoms with Crippen molar-refractivity contribution in [3.63, 3.8) is 0 Å². The number of carbonyl (C=O) groups excluding carboxylic acids is 6. The molecule has 6 amide bonds. The van der Waals surface area contributed by atoms with Gasteiger partial charge in [0.25, 0.3) is 0 Å². The first-order valence-corrected chi connectivity index (χ1v) is 17.1. The molecule has 0 saturated carbocycles. The number of aliphatic hydroxyl groups excluding tert-OH is 2. The van der Waals surface area contributed by atoms with Crippen molar-refractivity contribution in [2.24, 2.45) is 22.9 Å². The normalized spacial score (nSPS) is 15.7. The maximum absolute atomic E-state index is 13.8. The van der Waals surface area contributed by atoms with E-state index >= 15 is 0 Å². The molecule has 0 radical (unpaired) electrons. The lowest BCUT2D eigenvalue weighted by Gasteiger charge is -2.28. The number of unbranched alkanes of at least 4 members (excludes halogenated alkanes) is 2. The molecule has 0 saturated heterocycles. The van der Waals surface area contributed by atoms with Crippen molar-refractivity contribution < 1.29 is 48.9 Å². The van der Waals surface area contributed by atoms with Crippen LogP contribution in [0.3, 0.4) is 0 Å². The Bertz CT molecular complexity index is 1330. The molecule has 0 aromatic heterocycles. The second-order valence-corrected chi connectivity index (χ2v) is 12.5. The summed E-state index contributed by atoms with van der Waals surface area (Å²) in [6, 6.07) is 0.173. The fourth-order valence-electron chi connectivity index (χ4n) is 4.94. The third-order valence-electron chi connectivity index (χ3n) is 7.98. The zero-order valence-electron chi connectivity index (χ0n) is 29.6. The minimum atomic E-state index is -1.74. The molecular formula is C33H55N9O10.